The number of nitrogens with zero attached hydrogens (tertiary/aromatic N) is 1. The molecule has 5 aromatic rings. The van der Waals surface area contributed by atoms with Gasteiger partial charge < -0.3 is 9.73 Å². The molecule has 1 N–H and O–H groups in total. The number of nitrogens with one attached hydrogen (secondary N) is 1. The molecule has 162 valence electrons. The number of amides is 1. The van der Waals surface area contributed by atoms with Crippen molar-refractivity contribution in [2.24, 2.45) is 0 Å². The van der Waals surface area contributed by atoms with Crippen molar-refractivity contribution in [2.75, 3.05) is 5.32 Å². The minimum absolute atomic E-state index is 0.169. The van der Waals surface area contributed by atoms with Crippen molar-refractivity contribution < 1.29 is 13.6 Å². The van der Waals surface area contributed by atoms with E-state index in [1.165, 1.54) is 6.07 Å². The molecule has 4 aromatic carbocycles. The highest BCUT2D eigenvalue weighted by Gasteiger charge is 2.37. The Morgan fingerprint density at radius 1 is 0.848 bits per heavy atom. The first kappa shape index (κ1) is 20.6. The number of halogens is 1. The summed E-state index contributed by atoms with van der Waals surface area (Å²) < 4.78 is 19.9. The van der Waals surface area contributed by atoms with E-state index in [0.29, 0.717) is 22.4 Å². The van der Waals surface area contributed by atoms with Gasteiger partial charge in [-0.15, -0.1) is 0 Å². The molecule has 0 unspecified atom stereocenters. The van der Waals surface area contributed by atoms with Crippen LogP contribution < -0.4 is 5.32 Å². The Bertz CT molecular complexity index is 1390. The Hall–Kier alpha value is -4.25. The monoisotopic (exact) mass is 436 g/mol. The lowest BCUT2D eigenvalue weighted by Gasteiger charge is -2.29. The predicted octanol–water partition coefficient (Wildman–Crippen LogP) is 6.58. The maximum atomic E-state index is 14.2. The summed E-state index contributed by atoms with van der Waals surface area (Å²) >= 11 is 0. The van der Waals surface area contributed by atoms with Crippen LogP contribution >= 0.6 is 0 Å². The summed E-state index contributed by atoms with van der Waals surface area (Å²) in [5.74, 6) is -0.374. The molecule has 1 aromatic heterocycles. The van der Waals surface area contributed by atoms with E-state index in [4.69, 9.17) is 4.42 Å². The molecule has 0 saturated heterocycles. The molecule has 1 amide bonds. The van der Waals surface area contributed by atoms with Crippen LogP contribution in [0.25, 0.3) is 22.6 Å². The summed E-state index contributed by atoms with van der Waals surface area (Å²) in [6.07, 6.45) is 0. The smallest absolute Gasteiger partial charge is 0.239 e. The van der Waals surface area contributed by atoms with Gasteiger partial charge in [0.2, 0.25) is 11.8 Å². The standard InChI is InChI=1S/C28H21FN2O2/c1-28(19-10-4-2-5-11-19,20-12-6-3-7-13-20)27(32)30-21-16-17-25-24(18-21)31-26(33-25)22-14-8-9-15-23(22)29/h2-18H,1H3,(H,30,32). The van der Waals surface area contributed by atoms with E-state index < -0.39 is 11.2 Å². The predicted molar refractivity (Wildman–Crippen MR) is 127 cm³/mol. The lowest BCUT2D eigenvalue weighted by atomic mass is 9.75. The van der Waals surface area contributed by atoms with Gasteiger partial charge in [0, 0.05) is 5.69 Å². The van der Waals surface area contributed by atoms with Gasteiger partial charge >= 0.3 is 0 Å². The number of carbonyl (C=O) groups is 1. The van der Waals surface area contributed by atoms with Crippen LogP contribution in [0.3, 0.4) is 0 Å². The summed E-state index contributed by atoms with van der Waals surface area (Å²) in [4.78, 5) is 18.1. The van der Waals surface area contributed by atoms with Gasteiger partial charge in [-0.25, -0.2) is 9.37 Å². The molecule has 5 heteroatoms. The Balaban J connectivity index is 1.50. The zero-order valence-electron chi connectivity index (χ0n) is 18.0. The van der Waals surface area contributed by atoms with E-state index in [-0.39, 0.29) is 11.8 Å². The third-order valence-electron chi connectivity index (χ3n) is 5.91. The maximum Gasteiger partial charge on any atom is 0.239 e. The van der Waals surface area contributed by atoms with Crippen molar-refractivity contribution in [2.45, 2.75) is 12.3 Å². The Morgan fingerprint density at radius 2 is 1.45 bits per heavy atom. The summed E-state index contributed by atoms with van der Waals surface area (Å²) in [5, 5.41) is 3.04. The van der Waals surface area contributed by atoms with E-state index in [2.05, 4.69) is 10.3 Å². The van der Waals surface area contributed by atoms with Crippen molar-refractivity contribution in [3.8, 4) is 11.5 Å². The zero-order valence-corrected chi connectivity index (χ0v) is 18.0. The topological polar surface area (TPSA) is 55.1 Å². The molecule has 0 bridgehead atoms. The van der Waals surface area contributed by atoms with Crippen LogP contribution in [-0.4, -0.2) is 10.9 Å². The van der Waals surface area contributed by atoms with Gasteiger partial charge in [-0.2, -0.15) is 0 Å². The summed E-state index contributed by atoms with van der Waals surface area (Å²) in [6, 6.07) is 30.9. The molecule has 0 aliphatic carbocycles. The van der Waals surface area contributed by atoms with Gasteiger partial charge in [0.1, 0.15) is 11.3 Å². The number of hydrogen-bond donors (Lipinski definition) is 1. The number of fused-ring (bicyclic) bond motifs is 1. The number of aromatic nitrogens is 1. The van der Waals surface area contributed by atoms with Crippen LogP contribution in [0.1, 0.15) is 18.1 Å². The second-order valence-electron chi connectivity index (χ2n) is 7.99. The number of anilines is 1. The zero-order chi connectivity index (χ0) is 22.8. The second kappa shape index (κ2) is 8.36. The van der Waals surface area contributed by atoms with Gasteiger partial charge in [0.25, 0.3) is 0 Å². The first-order valence-electron chi connectivity index (χ1n) is 10.6. The normalized spacial score (nSPS) is 11.5. The third kappa shape index (κ3) is 3.78. The number of oxazole rings is 1. The average Bonchev–Trinajstić information content (AvgIpc) is 3.28. The highest BCUT2D eigenvalue weighted by Crippen LogP contribution is 2.34. The van der Waals surface area contributed by atoms with Crippen molar-refractivity contribution in [1.29, 1.82) is 0 Å². The Morgan fingerprint density at radius 3 is 2.09 bits per heavy atom. The third-order valence-corrected chi connectivity index (χ3v) is 5.91. The first-order valence-corrected chi connectivity index (χ1v) is 10.6. The minimum Gasteiger partial charge on any atom is -0.436 e. The van der Waals surface area contributed by atoms with Crippen LogP contribution in [0.5, 0.6) is 0 Å². The van der Waals surface area contributed by atoms with Gasteiger partial charge in [-0.1, -0.05) is 72.8 Å². The molecule has 33 heavy (non-hydrogen) atoms. The SMILES string of the molecule is CC(C(=O)Nc1ccc2oc(-c3ccccc3F)nc2c1)(c1ccccc1)c1ccccc1. The number of carbonyl (C=O) groups excluding carboxylic acids is 1. The first-order chi connectivity index (χ1) is 16.1. The molecule has 0 saturated carbocycles. The van der Waals surface area contributed by atoms with E-state index in [9.17, 15) is 9.18 Å². The molecule has 0 fully saturated rings. The quantitative estimate of drug-likeness (QED) is 0.339. The fraction of sp³-hybridized carbons (Fsp3) is 0.0714. The fourth-order valence-corrected chi connectivity index (χ4v) is 3.98. The van der Waals surface area contributed by atoms with E-state index in [0.717, 1.165) is 11.1 Å². The summed E-state index contributed by atoms with van der Waals surface area (Å²) in [7, 11) is 0. The summed E-state index contributed by atoms with van der Waals surface area (Å²) in [6.45, 7) is 1.91. The van der Waals surface area contributed by atoms with Gasteiger partial charge in [0.15, 0.2) is 5.58 Å². The lowest BCUT2D eigenvalue weighted by Crippen LogP contribution is -2.38. The maximum absolute atomic E-state index is 14.2. The average molecular weight is 436 g/mol. The van der Waals surface area contributed by atoms with Crippen LogP contribution in [0.15, 0.2) is 108 Å². The van der Waals surface area contributed by atoms with E-state index >= 15 is 0 Å². The molecule has 5 rings (SSSR count). The van der Waals surface area contributed by atoms with Crippen LogP contribution in [-0.2, 0) is 10.2 Å². The molecular formula is C28H21FN2O2. The van der Waals surface area contributed by atoms with Crippen LogP contribution in [0, 0.1) is 5.82 Å². The molecule has 0 aliphatic heterocycles. The van der Waals surface area contributed by atoms with Gasteiger partial charge in [0.05, 0.1) is 11.0 Å². The molecule has 0 spiro atoms. The fourth-order valence-electron chi connectivity index (χ4n) is 3.98. The molecule has 1 heterocycles. The van der Waals surface area contributed by atoms with Crippen molar-refractivity contribution in [1.82, 2.24) is 4.98 Å². The summed E-state index contributed by atoms with van der Waals surface area (Å²) in [5.41, 5.74) is 2.79. The van der Waals surface area contributed by atoms with E-state index in [1.807, 2.05) is 67.6 Å². The Labute approximate surface area is 190 Å². The van der Waals surface area contributed by atoms with Crippen molar-refractivity contribution in [3.05, 3.63) is 120 Å². The van der Waals surface area contributed by atoms with Crippen molar-refractivity contribution in [3.63, 3.8) is 0 Å². The Kier molecular flexibility index (Phi) is 5.23. The van der Waals surface area contributed by atoms with E-state index in [1.54, 1.807) is 36.4 Å². The van der Waals surface area contributed by atoms with Gasteiger partial charge in [-0.05, 0) is 48.4 Å². The second-order valence-corrected chi connectivity index (χ2v) is 7.99. The molecular weight excluding hydrogens is 415 g/mol. The van der Waals surface area contributed by atoms with Gasteiger partial charge in [-0.3, -0.25) is 4.79 Å². The molecule has 0 aliphatic rings. The minimum atomic E-state index is -0.903. The lowest BCUT2D eigenvalue weighted by molar-refractivity contribution is -0.119. The molecule has 0 radical (unpaired) electrons. The number of hydrogen-bond acceptors (Lipinski definition) is 3. The molecule has 0 atom stereocenters. The van der Waals surface area contributed by atoms with Crippen molar-refractivity contribution >= 4 is 22.7 Å². The number of benzene rings is 4. The highest BCUT2D eigenvalue weighted by atomic mass is 19.1. The van der Waals surface area contributed by atoms with Crippen LogP contribution in [0.4, 0.5) is 10.1 Å². The molecule has 4 nitrogen and oxygen atoms in total. The largest absolute Gasteiger partial charge is 0.436 e. The number of rotatable bonds is 5. The van der Waals surface area contributed by atoms with Crippen LogP contribution in [0.2, 0.25) is 0 Å². The highest BCUT2D eigenvalue weighted by molar-refractivity contribution is 6.02.